The first-order chi connectivity index (χ1) is 14.3. The highest BCUT2D eigenvalue weighted by atomic mass is 16.5. The van der Waals surface area contributed by atoms with Crippen LogP contribution in [0.1, 0.15) is 50.8 Å². The minimum atomic E-state index is 0.225. The van der Waals surface area contributed by atoms with E-state index in [-0.39, 0.29) is 6.04 Å². The second kappa shape index (κ2) is 12.2. The fourth-order valence-corrected chi connectivity index (χ4v) is 4.21. The van der Waals surface area contributed by atoms with E-state index in [1.54, 1.807) is 13.4 Å². The average Bonchev–Trinajstić information content (AvgIpc) is 3.46. The third-order valence-corrected chi connectivity index (χ3v) is 5.79. The Morgan fingerprint density at radius 2 is 2.03 bits per heavy atom. The Kier molecular flexibility index (Phi) is 9.31. The summed E-state index contributed by atoms with van der Waals surface area (Å²) >= 11 is 0. The van der Waals surface area contributed by atoms with E-state index in [4.69, 9.17) is 18.9 Å². The van der Waals surface area contributed by atoms with Crippen molar-refractivity contribution >= 4 is 5.96 Å². The number of methoxy groups -OCH3 is 1. The number of aliphatic imine (C=N–C) groups is 1. The van der Waals surface area contributed by atoms with Crippen molar-refractivity contribution in [3.63, 3.8) is 0 Å². The molecule has 0 amide bonds. The molecule has 7 heteroatoms. The van der Waals surface area contributed by atoms with Gasteiger partial charge >= 0.3 is 0 Å². The van der Waals surface area contributed by atoms with Gasteiger partial charge in [-0.3, -0.25) is 9.89 Å². The minimum Gasteiger partial charge on any atom is -0.468 e. The molecule has 1 unspecified atom stereocenters. The first-order valence-electron chi connectivity index (χ1n) is 11.2. The average molecular weight is 407 g/mol. The molecule has 0 bridgehead atoms. The molecule has 164 valence electrons. The Morgan fingerprint density at radius 3 is 2.69 bits per heavy atom. The summed E-state index contributed by atoms with van der Waals surface area (Å²) in [6.45, 7) is 9.51. The molecule has 2 saturated heterocycles. The zero-order valence-corrected chi connectivity index (χ0v) is 18.1. The molecule has 1 aromatic rings. The maximum Gasteiger partial charge on any atom is 0.193 e. The van der Waals surface area contributed by atoms with Crippen LogP contribution in [0, 0.1) is 0 Å². The number of rotatable bonds is 10. The summed E-state index contributed by atoms with van der Waals surface area (Å²) in [5, 5.41) is 3.49. The molecule has 7 nitrogen and oxygen atoms in total. The summed E-state index contributed by atoms with van der Waals surface area (Å²) in [5.74, 6) is 2.04. The highest BCUT2D eigenvalue weighted by Crippen LogP contribution is 2.26. The van der Waals surface area contributed by atoms with Gasteiger partial charge < -0.3 is 24.1 Å². The van der Waals surface area contributed by atoms with Crippen LogP contribution in [-0.2, 0) is 9.47 Å². The van der Waals surface area contributed by atoms with Crippen LogP contribution in [0.5, 0.6) is 0 Å². The van der Waals surface area contributed by atoms with E-state index < -0.39 is 0 Å². The number of hydrogen-bond donors (Lipinski definition) is 1. The number of nitrogens with zero attached hydrogens (tertiary/aromatic N) is 3. The number of hydrogen-bond acceptors (Lipinski definition) is 5. The van der Waals surface area contributed by atoms with Gasteiger partial charge in [0, 0.05) is 40.0 Å². The lowest BCUT2D eigenvalue weighted by Gasteiger charge is -2.34. The van der Waals surface area contributed by atoms with Crippen molar-refractivity contribution in [1.29, 1.82) is 0 Å². The second-order valence-electron chi connectivity index (χ2n) is 7.87. The highest BCUT2D eigenvalue weighted by Gasteiger charge is 2.27. The molecule has 29 heavy (non-hydrogen) atoms. The van der Waals surface area contributed by atoms with Gasteiger partial charge in [-0.05, 0) is 64.3 Å². The van der Waals surface area contributed by atoms with E-state index in [1.807, 2.05) is 6.07 Å². The van der Waals surface area contributed by atoms with Crippen molar-refractivity contribution in [2.45, 2.75) is 51.2 Å². The van der Waals surface area contributed by atoms with Crippen LogP contribution in [-0.4, -0.2) is 81.5 Å². The van der Waals surface area contributed by atoms with Crippen LogP contribution in [0.3, 0.4) is 0 Å². The molecule has 1 N–H and O–H groups in total. The Bertz CT molecular complexity index is 579. The van der Waals surface area contributed by atoms with Gasteiger partial charge in [0.15, 0.2) is 5.96 Å². The molecular weight excluding hydrogens is 368 g/mol. The Hall–Kier alpha value is -1.57. The van der Waals surface area contributed by atoms with E-state index in [0.29, 0.717) is 6.10 Å². The van der Waals surface area contributed by atoms with Crippen molar-refractivity contribution in [1.82, 2.24) is 15.1 Å². The molecule has 0 saturated carbocycles. The number of likely N-dealkylation sites (tertiary alicyclic amines) is 2. The predicted octanol–water partition coefficient (Wildman–Crippen LogP) is 2.90. The monoisotopic (exact) mass is 406 g/mol. The fraction of sp³-hybridized carbons (Fsp3) is 0.773. The van der Waals surface area contributed by atoms with Crippen LogP contribution >= 0.6 is 0 Å². The van der Waals surface area contributed by atoms with Crippen LogP contribution < -0.4 is 5.32 Å². The summed E-state index contributed by atoms with van der Waals surface area (Å²) in [5.41, 5.74) is 0. The van der Waals surface area contributed by atoms with E-state index >= 15 is 0 Å². The molecule has 1 aromatic heterocycles. The molecule has 3 heterocycles. The van der Waals surface area contributed by atoms with Gasteiger partial charge in [-0.2, -0.15) is 0 Å². The quantitative estimate of drug-likeness (QED) is 0.366. The number of guanidine groups is 1. The zero-order valence-electron chi connectivity index (χ0n) is 18.1. The molecule has 3 rings (SSSR count). The summed E-state index contributed by atoms with van der Waals surface area (Å²) in [4.78, 5) is 9.90. The normalized spacial score (nSPS) is 20.3. The third kappa shape index (κ3) is 6.73. The lowest BCUT2D eigenvalue weighted by Crippen LogP contribution is -2.47. The Labute approximate surface area is 175 Å². The van der Waals surface area contributed by atoms with Crippen LogP contribution in [0.4, 0.5) is 0 Å². The third-order valence-electron chi connectivity index (χ3n) is 5.79. The first-order valence-corrected chi connectivity index (χ1v) is 11.2. The van der Waals surface area contributed by atoms with E-state index in [1.165, 1.54) is 12.8 Å². The lowest BCUT2D eigenvalue weighted by atomic mass is 10.1. The molecule has 1 atom stereocenters. The Morgan fingerprint density at radius 1 is 1.24 bits per heavy atom. The fourth-order valence-electron chi connectivity index (χ4n) is 4.21. The van der Waals surface area contributed by atoms with Crippen molar-refractivity contribution < 1.29 is 13.9 Å². The second-order valence-corrected chi connectivity index (χ2v) is 7.87. The van der Waals surface area contributed by atoms with Gasteiger partial charge in [0.05, 0.1) is 25.0 Å². The zero-order chi connectivity index (χ0) is 20.3. The predicted molar refractivity (Wildman–Crippen MR) is 115 cm³/mol. The number of nitrogens with one attached hydrogen (secondary N) is 1. The summed E-state index contributed by atoms with van der Waals surface area (Å²) in [6, 6.07) is 4.28. The Balaban J connectivity index is 1.55. The van der Waals surface area contributed by atoms with Crippen LogP contribution in [0.2, 0.25) is 0 Å². The molecule has 2 aliphatic heterocycles. The number of piperidine rings is 1. The van der Waals surface area contributed by atoms with Crippen LogP contribution in [0.25, 0.3) is 0 Å². The van der Waals surface area contributed by atoms with Gasteiger partial charge in [0.25, 0.3) is 0 Å². The van der Waals surface area contributed by atoms with Crippen molar-refractivity contribution in [3.8, 4) is 0 Å². The van der Waals surface area contributed by atoms with E-state index in [2.05, 4.69) is 28.1 Å². The van der Waals surface area contributed by atoms with Gasteiger partial charge in [0.1, 0.15) is 5.76 Å². The maximum absolute atomic E-state index is 6.00. The standard InChI is InChI=1S/C22H38N4O3/c1-3-23-22(26-13-9-19(10-14-26)28-17-7-15-27-2)24-18-20(21-8-6-16-29-21)25-11-4-5-12-25/h6,8,16,19-20H,3-5,7,9-15,17-18H2,1-2H3,(H,23,24). The smallest absolute Gasteiger partial charge is 0.193 e. The van der Waals surface area contributed by atoms with Gasteiger partial charge in [0.2, 0.25) is 0 Å². The van der Waals surface area contributed by atoms with Gasteiger partial charge in [-0.1, -0.05) is 0 Å². The molecule has 0 radical (unpaired) electrons. The van der Waals surface area contributed by atoms with E-state index in [0.717, 1.165) is 83.5 Å². The maximum atomic E-state index is 6.00. The van der Waals surface area contributed by atoms with Crippen molar-refractivity contribution in [2.24, 2.45) is 4.99 Å². The number of furan rings is 1. The topological polar surface area (TPSA) is 62.5 Å². The number of ether oxygens (including phenoxy) is 2. The first kappa shape index (κ1) is 22.1. The summed E-state index contributed by atoms with van der Waals surface area (Å²) in [7, 11) is 1.74. The van der Waals surface area contributed by atoms with E-state index in [9.17, 15) is 0 Å². The largest absolute Gasteiger partial charge is 0.468 e. The summed E-state index contributed by atoms with van der Waals surface area (Å²) in [6.07, 6.45) is 7.70. The molecule has 2 fully saturated rings. The molecule has 0 aliphatic carbocycles. The molecule has 0 spiro atoms. The van der Waals surface area contributed by atoms with Crippen molar-refractivity contribution in [3.05, 3.63) is 24.2 Å². The van der Waals surface area contributed by atoms with Crippen LogP contribution in [0.15, 0.2) is 27.8 Å². The SMILES string of the molecule is CCNC(=NCC(c1ccco1)N1CCCC1)N1CCC(OCCCOC)CC1. The summed E-state index contributed by atoms with van der Waals surface area (Å²) < 4.78 is 16.8. The lowest BCUT2D eigenvalue weighted by molar-refractivity contribution is 0.00988. The molecular formula is C22H38N4O3. The highest BCUT2D eigenvalue weighted by molar-refractivity contribution is 5.80. The van der Waals surface area contributed by atoms with Gasteiger partial charge in [-0.15, -0.1) is 0 Å². The van der Waals surface area contributed by atoms with Crippen molar-refractivity contribution in [2.75, 3.05) is 59.6 Å². The minimum absolute atomic E-state index is 0.225. The molecule has 2 aliphatic rings. The van der Waals surface area contributed by atoms with Gasteiger partial charge in [-0.25, -0.2) is 0 Å². The molecule has 0 aromatic carbocycles.